The van der Waals surface area contributed by atoms with E-state index in [2.05, 4.69) is 33.5 Å². The summed E-state index contributed by atoms with van der Waals surface area (Å²) in [5, 5.41) is 7.86. The third-order valence-electron chi connectivity index (χ3n) is 8.75. The van der Waals surface area contributed by atoms with Crippen molar-refractivity contribution in [3.8, 4) is 10.6 Å². The van der Waals surface area contributed by atoms with Crippen LogP contribution in [0.15, 0.2) is 48.9 Å². The number of allylic oxidation sites excluding steroid dienone is 1. The van der Waals surface area contributed by atoms with Gasteiger partial charge in [0.15, 0.2) is 0 Å². The van der Waals surface area contributed by atoms with E-state index in [-0.39, 0.29) is 31.6 Å². The predicted molar refractivity (Wildman–Crippen MR) is 190 cm³/mol. The van der Waals surface area contributed by atoms with Crippen LogP contribution >= 0.6 is 11.3 Å². The van der Waals surface area contributed by atoms with E-state index in [1.54, 1.807) is 11.9 Å². The highest BCUT2D eigenvalue weighted by molar-refractivity contribution is 7.90. The van der Waals surface area contributed by atoms with Crippen LogP contribution in [0.2, 0.25) is 0 Å². The maximum atomic E-state index is 13.7. The molecule has 4 amide bonds. The van der Waals surface area contributed by atoms with E-state index in [9.17, 15) is 27.6 Å². The lowest BCUT2D eigenvalue weighted by atomic mass is 9.93. The van der Waals surface area contributed by atoms with Crippen LogP contribution in [0.3, 0.4) is 0 Å². The Morgan fingerprint density at radius 2 is 1.86 bits per heavy atom. The van der Waals surface area contributed by atoms with E-state index in [0.29, 0.717) is 25.1 Å². The van der Waals surface area contributed by atoms with E-state index in [1.807, 2.05) is 43.5 Å². The molecule has 49 heavy (non-hydrogen) atoms. The lowest BCUT2D eigenvalue weighted by Crippen LogP contribution is -2.44. The van der Waals surface area contributed by atoms with E-state index in [1.165, 1.54) is 17.4 Å². The highest BCUT2D eigenvalue weighted by Gasteiger charge is 2.45. The quantitative estimate of drug-likeness (QED) is 0.148. The molecule has 12 nitrogen and oxygen atoms in total. The summed E-state index contributed by atoms with van der Waals surface area (Å²) >= 11 is 1.47. The Bertz CT molecular complexity index is 1650. The fourth-order valence-corrected chi connectivity index (χ4v) is 8.07. The highest BCUT2D eigenvalue weighted by atomic mass is 32.2. The van der Waals surface area contributed by atoms with Crippen molar-refractivity contribution in [2.24, 2.45) is 11.8 Å². The molecule has 1 heterocycles. The monoisotopic (exact) mass is 713 g/mol. The Hall–Kier alpha value is -4.04. The number of benzene rings is 1. The molecular formula is C35H47N5O7S2. The number of thiazole rings is 1. The average molecular weight is 714 g/mol. The van der Waals surface area contributed by atoms with Gasteiger partial charge in [-0.05, 0) is 82.9 Å². The van der Waals surface area contributed by atoms with Crippen molar-refractivity contribution in [1.29, 1.82) is 0 Å². The first-order valence-corrected chi connectivity index (χ1v) is 19.1. The molecule has 2 fully saturated rings. The van der Waals surface area contributed by atoms with Crippen LogP contribution in [-0.2, 0) is 29.1 Å². The number of hydrogen-bond donors (Lipinski definition) is 3. The lowest BCUT2D eigenvalue weighted by molar-refractivity contribution is -0.140. The number of carbonyl (C=O) groups is 4. The molecule has 2 aliphatic rings. The SMILES string of the molecule is C=CCCCCN(C)C(=O)[C@@H]1C[C@H](OC(=O)Nc2cc(C)ccc2-c2nc(C)cs2)C[C@H]1C(=O)NC(C=C)CCC(=O)NS(=O)(=O)C1CC1. The number of unbranched alkanes of at least 4 members (excludes halogenated alkanes) is 2. The second-order valence-electron chi connectivity index (χ2n) is 12.9. The normalized spacial score (nSPS) is 19.4. The number of rotatable bonds is 17. The molecule has 2 saturated carbocycles. The smallest absolute Gasteiger partial charge is 0.411 e. The summed E-state index contributed by atoms with van der Waals surface area (Å²) in [5.74, 6) is -2.85. The van der Waals surface area contributed by atoms with E-state index in [0.717, 1.165) is 41.1 Å². The zero-order valence-electron chi connectivity index (χ0n) is 28.4. The summed E-state index contributed by atoms with van der Waals surface area (Å²) in [6.45, 7) is 11.8. The van der Waals surface area contributed by atoms with Crippen molar-refractivity contribution in [2.45, 2.75) is 89.0 Å². The van der Waals surface area contributed by atoms with Gasteiger partial charge in [-0.15, -0.1) is 24.5 Å². The van der Waals surface area contributed by atoms with Gasteiger partial charge in [0.1, 0.15) is 11.1 Å². The minimum Gasteiger partial charge on any atom is -0.446 e. The number of aryl methyl sites for hydroxylation is 2. The van der Waals surface area contributed by atoms with Crippen LogP contribution in [-0.4, -0.2) is 73.1 Å². The molecule has 2 aromatic rings. The number of carbonyl (C=O) groups excluding carboxylic acids is 4. The first-order valence-electron chi connectivity index (χ1n) is 16.6. The largest absolute Gasteiger partial charge is 0.446 e. The van der Waals surface area contributed by atoms with Crippen molar-refractivity contribution in [3.05, 3.63) is 60.1 Å². The molecule has 1 aromatic carbocycles. The van der Waals surface area contributed by atoms with Gasteiger partial charge in [-0.2, -0.15) is 0 Å². The fourth-order valence-electron chi connectivity index (χ4n) is 5.89. The zero-order valence-corrected chi connectivity index (χ0v) is 30.0. The van der Waals surface area contributed by atoms with Gasteiger partial charge in [0, 0.05) is 42.7 Å². The Morgan fingerprint density at radius 1 is 1.12 bits per heavy atom. The molecule has 0 bridgehead atoms. The van der Waals surface area contributed by atoms with Gasteiger partial charge < -0.3 is 15.0 Å². The third-order valence-corrected chi connectivity index (χ3v) is 11.6. The van der Waals surface area contributed by atoms with Gasteiger partial charge in [0.25, 0.3) is 0 Å². The van der Waals surface area contributed by atoms with Crippen molar-refractivity contribution < 1.29 is 32.3 Å². The maximum absolute atomic E-state index is 13.7. The lowest BCUT2D eigenvalue weighted by Gasteiger charge is -2.25. The standard InChI is InChI=1S/C35H47N5O7S2/c1-6-8-9-10-17-40(5)34(43)29-20-25(47-35(44)38-30-18-22(3)11-15-27(30)33-36-23(4)21-48-33)19-28(29)32(42)37-24(7-2)12-16-31(41)39-49(45,46)26-13-14-26/h6-7,11,15,18,21,24-26,28-29H,1-2,8-10,12-14,16-17,19-20H2,3-5H3,(H,37,42)(H,38,44)(H,39,41)/t24?,25-,28-,29-/m1/s1. The summed E-state index contributed by atoms with van der Waals surface area (Å²) < 4.78 is 32.2. The number of anilines is 1. The molecular weight excluding hydrogens is 667 g/mol. The molecule has 4 atom stereocenters. The van der Waals surface area contributed by atoms with Crippen molar-refractivity contribution in [1.82, 2.24) is 19.9 Å². The molecule has 0 aliphatic heterocycles. The number of hydrogen-bond acceptors (Lipinski definition) is 9. The van der Waals surface area contributed by atoms with E-state index >= 15 is 0 Å². The first-order chi connectivity index (χ1) is 23.3. The Labute approximate surface area is 292 Å². The summed E-state index contributed by atoms with van der Waals surface area (Å²) in [4.78, 5) is 59.1. The van der Waals surface area contributed by atoms with Gasteiger partial charge in [-0.1, -0.05) is 18.2 Å². The second kappa shape index (κ2) is 17.1. The van der Waals surface area contributed by atoms with Gasteiger partial charge in [0.05, 0.1) is 22.8 Å². The molecule has 0 spiro atoms. The number of nitrogens with one attached hydrogen (secondary N) is 3. The Morgan fingerprint density at radius 3 is 2.51 bits per heavy atom. The highest BCUT2D eigenvalue weighted by Crippen LogP contribution is 2.37. The molecule has 1 aromatic heterocycles. The van der Waals surface area contributed by atoms with Crippen LogP contribution in [0, 0.1) is 25.7 Å². The predicted octanol–water partition coefficient (Wildman–Crippen LogP) is 5.24. The fraction of sp³-hybridized carbons (Fsp3) is 0.514. The third kappa shape index (κ3) is 10.7. The van der Waals surface area contributed by atoms with Crippen molar-refractivity contribution in [3.63, 3.8) is 0 Å². The number of nitrogens with zero attached hydrogens (tertiary/aromatic N) is 2. The minimum atomic E-state index is -3.68. The molecule has 3 N–H and O–H groups in total. The molecule has 14 heteroatoms. The van der Waals surface area contributed by atoms with E-state index in [4.69, 9.17) is 4.74 Å². The minimum absolute atomic E-state index is 0.121. The van der Waals surface area contributed by atoms with Crippen LogP contribution in [0.25, 0.3) is 10.6 Å². The van der Waals surface area contributed by atoms with E-state index < -0.39 is 57.2 Å². The summed E-state index contributed by atoms with van der Waals surface area (Å²) in [6, 6.07) is 5.02. The first kappa shape index (κ1) is 37.8. The summed E-state index contributed by atoms with van der Waals surface area (Å²) in [6.07, 6.45) is 5.69. The molecule has 0 radical (unpaired) electrons. The number of ether oxygens (including phenoxy) is 1. The zero-order chi connectivity index (χ0) is 35.7. The number of aromatic nitrogens is 1. The van der Waals surface area contributed by atoms with Crippen LogP contribution in [0.1, 0.15) is 69.0 Å². The summed E-state index contributed by atoms with van der Waals surface area (Å²) in [7, 11) is -1.97. The van der Waals surface area contributed by atoms with Crippen molar-refractivity contribution in [2.75, 3.05) is 18.9 Å². The second-order valence-corrected chi connectivity index (χ2v) is 15.7. The maximum Gasteiger partial charge on any atom is 0.411 e. The van der Waals surface area contributed by atoms with Gasteiger partial charge in [-0.3, -0.25) is 24.4 Å². The Balaban J connectivity index is 1.43. The van der Waals surface area contributed by atoms with Gasteiger partial charge in [0.2, 0.25) is 27.7 Å². The van der Waals surface area contributed by atoms with Gasteiger partial charge >= 0.3 is 6.09 Å². The molecule has 1 unspecified atom stereocenters. The molecule has 266 valence electrons. The number of amides is 4. The molecule has 4 rings (SSSR count). The average Bonchev–Trinajstić information content (AvgIpc) is 3.72. The number of sulfonamides is 1. The van der Waals surface area contributed by atoms with Crippen LogP contribution in [0.4, 0.5) is 10.5 Å². The Kier molecular flexibility index (Phi) is 13.2. The van der Waals surface area contributed by atoms with Gasteiger partial charge in [-0.25, -0.2) is 18.2 Å². The summed E-state index contributed by atoms with van der Waals surface area (Å²) in [5.41, 5.74) is 3.10. The topological polar surface area (TPSA) is 164 Å². The molecule has 2 aliphatic carbocycles. The van der Waals surface area contributed by atoms with Crippen LogP contribution in [0.5, 0.6) is 0 Å². The van der Waals surface area contributed by atoms with Crippen molar-refractivity contribution >= 4 is 50.9 Å². The van der Waals surface area contributed by atoms with Crippen LogP contribution < -0.4 is 15.4 Å². The molecule has 0 saturated heterocycles.